The van der Waals surface area contributed by atoms with Crippen LogP contribution in [0.4, 0.5) is 11.5 Å². The minimum Gasteiger partial charge on any atom is -0.389 e. The van der Waals surface area contributed by atoms with Crippen molar-refractivity contribution in [2.24, 2.45) is 11.8 Å². The van der Waals surface area contributed by atoms with Crippen LogP contribution in [0, 0.1) is 11.8 Å². The lowest BCUT2D eigenvalue weighted by atomic mass is 10.1. The predicted octanol–water partition coefficient (Wildman–Crippen LogP) is 2.22. The predicted molar refractivity (Wildman–Crippen MR) is 113 cm³/mol. The molecule has 0 radical (unpaired) electrons. The Morgan fingerprint density at radius 2 is 1.86 bits per heavy atom. The second-order valence-corrected chi connectivity index (χ2v) is 8.42. The molecule has 7 nitrogen and oxygen atoms in total. The van der Waals surface area contributed by atoms with E-state index < -0.39 is 6.10 Å². The maximum absolute atomic E-state index is 11.8. The largest absolute Gasteiger partial charge is 0.389 e. The first-order valence-corrected chi connectivity index (χ1v) is 10.3. The molecule has 1 amide bonds. The average Bonchev–Trinajstić information content (AvgIpc) is 2.62. The first kappa shape index (κ1) is 22.6. The molecule has 0 saturated carbocycles. The van der Waals surface area contributed by atoms with E-state index in [9.17, 15) is 9.90 Å². The van der Waals surface area contributed by atoms with Gasteiger partial charge in [0.2, 0.25) is 5.91 Å². The van der Waals surface area contributed by atoms with Crippen molar-refractivity contribution in [3.8, 4) is 0 Å². The van der Waals surface area contributed by atoms with Crippen molar-refractivity contribution in [1.82, 2.24) is 9.88 Å². The van der Waals surface area contributed by atoms with Gasteiger partial charge in [-0.05, 0) is 24.0 Å². The molecule has 7 heteroatoms. The number of aliphatic hydroxyl groups excluding tert-OH is 1. The zero-order valence-electron chi connectivity index (χ0n) is 17.7. The van der Waals surface area contributed by atoms with E-state index in [0.29, 0.717) is 38.0 Å². The molecule has 0 aromatic carbocycles. The molecule has 28 heavy (non-hydrogen) atoms. The number of piperazine rings is 1. The molecule has 1 unspecified atom stereocenters. The normalized spacial score (nSPS) is 16.6. The number of carbonyl (C=O) groups excluding carboxylic acids is 1. The van der Waals surface area contributed by atoms with E-state index in [1.54, 1.807) is 6.20 Å². The van der Waals surface area contributed by atoms with Gasteiger partial charge in [-0.2, -0.15) is 0 Å². The molecule has 158 valence electrons. The van der Waals surface area contributed by atoms with Crippen LogP contribution in [0.15, 0.2) is 18.3 Å². The molecule has 2 rings (SSSR count). The summed E-state index contributed by atoms with van der Waals surface area (Å²) in [5.74, 6) is 1.76. The fourth-order valence-electron chi connectivity index (χ4n) is 3.18. The van der Waals surface area contributed by atoms with Crippen molar-refractivity contribution in [2.75, 3.05) is 56.2 Å². The van der Waals surface area contributed by atoms with E-state index >= 15 is 0 Å². The number of pyridine rings is 1. The molecule has 0 spiro atoms. The molecule has 1 aliphatic heterocycles. The number of nitrogens with one attached hydrogen (secondary N) is 1. The third-order valence-corrected chi connectivity index (χ3v) is 4.55. The van der Waals surface area contributed by atoms with Crippen molar-refractivity contribution in [1.29, 1.82) is 0 Å². The van der Waals surface area contributed by atoms with E-state index in [4.69, 9.17) is 4.74 Å². The topological polar surface area (TPSA) is 77.9 Å². The molecule has 2 N–H and O–H groups in total. The van der Waals surface area contributed by atoms with Crippen molar-refractivity contribution >= 4 is 17.4 Å². The van der Waals surface area contributed by atoms with Gasteiger partial charge >= 0.3 is 0 Å². The summed E-state index contributed by atoms with van der Waals surface area (Å²) in [7, 11) is 0. The Balaban J connectivity index is 1.73. The van der Waals surface area contributed by atoms with Crippen molar-refractivity contribution < 1.29 is 14.6 Å². The van der Waals surface area contributed by atoms with Crippen LogP contribution in [-0.2, 0) is 9.53 Å². The monoisotopic (exact) mass is 392 g/mol. The first-order chi connectivity index (χ1) is 13.3. The molecule has 1 aromatic heterocycles. The van der Waals surface area contributed by atoms with Gasteiger partial charge in [-0.3, -0.25) is 9.69 Å². The van der Waals surface area contributed by atoms with E-state index in [1.807, 2.05) is 26.0 Å². The van der Waals surface area contributed by atoms with Gasteiger partial charge in [-0.25, -0.2) is 4.98 Å². The Morgan fingerprint density at radius 3 is 2.43 bits per heavy atom. The highest BCUT2D eigenvalue weighted by molar-refractivity contribution is 5.90. The number of rotatable bonds is 10. The van der Waals surface area contributed by atoms with Crippen molar-refractivity contribution in [3.05, 3.63) is 18.3 Å². The third kappa shape index (κ3) is 8.12. The van der Waals surface area contributed by atoms with E-state index in [2.05, 4.69) is 33.9 Å². The summed E-state index contributed by atoms with van der Waals surface area (Å²) in [5, 5.41) is 13.0. The highest BCUT2D eigenvalue weighted by Gasteiger charge is 2.20. The first-order valence-electron chi connectivity index (χ1n) is 10.3. The SMILES string of the molecule is CC(C)COCC(O)CN1CCN(c2ccc(NC(=O)CC(C)C)cn2)CC1. The molecule has 2 heterocycles. The number of aliphatic hydroxyl groups is 1. The Kier molecular flexibility index (Phi) is 9.15. The fraction of sp³-hybridized carbons (Fsp3) is 0.714. The zero-order chi connectivity index (χ0) is 20.5. The van der Waals surface area contributed by atoms with Gasteiger partial charge in [0.15, 0.2) is 0 Å². The van der Waals surface area contributed by atoms with Crippen molar-refractivity contribution in [3.63, 3.8) is 0 Å². The summed E-state index contributed by atoms with van der Waals surface area (Å²) in [6.45, 7) is 13.5. The number of amides is 1. The summed E-state index contributed by atoms with van der Waals surface area (Å²) < 4.78 is 5.52. The zero-order valence-corrected chi connectivity index (χ0v) is 17.7. The molecular formula is C21H36N4O3. The Bertz CT molecular complexity index is 584. The maximum Gasteiger partial charge on any atom is 0.224 e. The number of carbonyl (C=O) groups is 1. The van der Waals surface area contributed by atoms with Crippen LogP contribution in [0.5, 0.6) is 0 Å². The van der Waals surface area contributed by atoms with Crippen LogP contribution >= 0.6 is 0 Å². The molecule has 1 atom stereocenters. The Labute approximate surface area is 169 Å². The van der Waals surface area contributed by atoms with Crippen LogP contribution in [0.2, 0.25) is 0 Å². The number of hydrogen-bond donors (Lipinski definition) is 2. The Morgan fingerprint density at radius 1 is 1.14 bits per heavy atom. The number of ether oxygens (including phenoxy) is 1. The highest BCUT2D eigenvalue weighted by Crippen LogP contribution is 2.17. The molecule has 1 saturated heterocycles. The van der Waals surface area contributed by atoms with Crippen molar-refractivity contribution in [2.45, 2.75) is 40.2 Å². The summed E-state index contributed by atoms with van der Waals surface area (Å²) in [6, 6.07) is 3.86. The summed E-state index contributed by atoms with van der Waals surface area (Å²) in [6.07, 6.45) is 1.78. The smallest absolute Gasteiger partial charge is 0.224 e. The van der Waals surface area contributed by atoms with Crippen LogP contribution < -0.4 is 10.2 Å². The van der Waals surface area contributed by atoms with Crippen LogP contribution in [-0.4, -0.2) is 72.9 Å². The molecule has 0 aliphatic carbocycles. The van der Waals surface area contributed by atoms with Gasteiger partial charge in [0.25, 0.3) is 0 Å². The Hall–Kier alpha value is -1.70. The van der Waals surface area contributed by atoms with Gasteiger partial charge in [-0.1, -0.05) is 27.7 Å². The van der Waals surface area contributed by atoms with Crippen LogP contribution in [0.1, 0.15) is 34.1 Å². The van der Waals surface area contributed by atoms with E-state index in [1.165, 1.54) is 0 Å². The second-order valence-electron chi connectivity index (χ2n) is 8.42. The standard InChI is InChI=1S/C21H36N4O3/c1-16(2)11-21(27)23-18-5-6-20(22-12-18)25-9-7-24(8-10-25)13-19(26)15-28-14-17(3)4/h5-6,12,16-17,19,26H,7-11,13-15H2,1-4H3,(H,23,27). The third-order valence-electron chi connectivity index (χ3n) is 4.55. The molecular weight excluding hydrogens is 356 g/mol. The molecule has 1 fully saturated rings. The molecule has 1 aliphatic rings. The minimum absolute atomic E-state index is 0.0223. The van der Waals surface area contributed by atoms with Gasteiger partial charge in [-0.15, -0.1) is 0 Å². The highest BCUT2D eigenvalue weighted by atomic mass is 16.5. The average molecular weight is 393 g/mol. The number of anilines is 2. The number of β-amino-alcohol motifs (C(OH)–C–C–N with tert-alkyl or cyclic N) is 1. The van der Waals surface area contributed by atoms with Gasteiger partial charge in [0.1, 0.15) is 5.82 Å². The lowest BCUT2D eigenvalue weighted by Gasteiger charge is -2.36. The summed E-state index contributed by atoms with van der Waals surface area (Å²) >= 11 is 0. The second kappa shape index (κ2) is 11.3. The van der Waals surface area contributed by atoms with Crippen LogP contribution in [0.25, 0.3) is 0 Å². The van der Waals surface area contributed by atoms with Gasteiger partial charge in [0.05, 0.1) is 24.6 Å². The summed E-state index contributed by atoms with van der Waals surface area (Å²) in [5.41, 5.74) is 0.734. The molecule has 1 aromatic rings. The maximum atomic E-state index is 11.8. The van der Waals surface area contributed by atoms with Gasteiger partial charge in [0, 0.05) is 45.8 Å². The number of aromatic nitrogens is 1. The fourth-order valence-corrected chi connectivity index (χ4v) is 3.18. The minimum atomic E-state index is -0.447. The lowest BCUT2D eigenvalue weighted by Crippen LogP contribution is -2.49. The van der Waals surface area contributed by atoms with E-state index in [0.717, 1.165) is 37.7 Å². The quantitative estimate of drug-likeness (QED) is 0.636. The van der Waals surface area contributed by atoms with Crippen LogP contribution in [0.3, 0.4) is 0 Å². The number of nitrogens with zero attached hydrogens (tertiary/aromatic N) is 3. The van der Waals surface area contributed by atoms with E-state index in [-0.39, 0.29) is 5.91 Å². The summed E-state index contributed by atoms with van der Waals surface area (Å²) in [4.78, 5) is 20.8. The number of hydrogen-bond acceptors (Lipinski definition) is 6. The molecule has 0 bridgehead atoms. The lowest BCUT2D eigenvalue weighted by molar-refractivity contribution is -0.116. The van der Waals surface area contributed by atoms with Gasteiger partial charge < -0.3 is 20.1 Å².